The molecule has 1 N–H and O–H groups in total. The van der Waals surface area contributed by atoms with Gasteiger partial charge in [-0.25, -0.2) is 4.39 Å². The summed E-state index contributed by atoms with van der Waals surface area (Å²) in [5.74, 6) is -1.55. The Hall–Kier alpha value is -3.16. The monoisotopic (exact) mass is 387 g/mol. The molecule has 7 nitrogen and oxygen atoms in total. The number of halogens is 1. The number of pyridine rings is 1. The van der Waals surface area contributed by atoms with Crippen molar-refractivity contribution in [3.63, 3.8) is 0 Å². The summed E-state index contributed by atoms with van der Waals surface area (Å²) >= 11 is 0. The molecule has 3 rings (SSSR count). The van der Waals surface area contributed by atoms with Crippen LogP contribution in [0.3, 0.4) is 0 Å². The van der Waals surface area contributed by atoms with Crippen LogP contribution in [-0.2, 0) is 4.79 Å². The fourth-order valence-corrected chi connectivity index (χ4v) is 3.28. The van der Waals surface area contributed by atoms with Crippen LogP contribution in [0.5, 0.6) is 5.75 Å². The summed E-state index contributed by atoms with van der Waals surface area (Å²) in [5, 5.41) is 10.2. The molecule has 28 heavy (non-hydrogen) atoms. The first-order valence-corrected chi connectivity index (χ1v) is 8.93. The van der Waals surface area contributed by atoms with Crippen molar-refractivity contribution in [2.75, 3.05) is 27.2 Å². The van der Waals surface area contributed by atoms with Crippen molar-refractivity contribution in [1.29, 1.82) is 0 Å². The lowest BCUT2D eigenvalue weighted by molar-refractivity contribution is -0.129. The molecule has 0 fully saturated rings. The summed E-state index contributed by atoms with van der Waals surface area (Å²) in [5.41, 5.74) is -0.0714. The molecule has 1 unspecified atom stereocenters. The molecule has 2 heterocycles. The van der Waals surface area contributed by atoms with E-state index < -0.39 is 23.1 Å². The van der Waals surface area contributed by atoms with Gasteiger partial charge >= 0.3 is 0 Å². The normalized spacial score (nSPS) is 18.9. The van der Waals surface area contributed by atoms with Crippen LogP contribution in [0.2, 0.25) is 0 Å². The van der Waals surface area contributed by atoms with Gasteiger partial charge in [0.25, 0.3) is 5.91 Å². The minimum atomic E-state index is -0.655. The molecule has 2 aliphatic rings. The fourth-order valence-electron chi connectivity index (χ4n) is 3.28. The molecule has 1 atom stereocenters. The number of fused-ring (bicyclic) bond motifs is 1. The van der Waals surface area contributed by atoms with Gasteiger partial charge < -0.3 is 19.5 Å². The Balaban J connectivity index is 1.97. The molecule has 1 aliphatic heterocycles. The summed E-state index contributed by atoms with van der Waals surface area (Å²) in [7, 11) is 3.28. The number of hydrogen-bond acceptors (Lipinski definition) is 4. The van der Waals surface area contributed by atoms with Gasteiger partial charge in [0.05, 0.1) is 6.04 Å². The van der Waals surface area contributed by atoms with Crippen molar-refractivity contribution >= 4 is 11.8 Å². The first-order chi connectivity index (χ1) is 13.3. The van der Waals surface area contributed by atoms with E-state index >= 15 is 0 Å². The number of hydrogen-bond donors (Lipinski definition) is 1. The van der Waals surface area contributed by atoms with E-state index in [0.717, 1.165) is 0 Å². The maximum atomic E-state index is 13.4. The topological polar surface area (TPSA) is 82.9 Å². The maximum absolute atomic E-state index is 13.4. The zero-order valence-electron chi connectivity index (χ0n) is 15.8. The van der Waals surface area contributed by atoms with Gasteiger partial charge in [-0.05, 0) is 11.6 Å². The van der Waals surface area contributed by atoms with E-state index in [9.17, 15) is 23.9 Å². The molecule has 0 spiro atoms. The molecule has 148 valence electrons. The zero-order valence-corrected chi connectivity index (χ0v) is 15.8. The van der Waals surface area contributed by atoms with Crippen molar-refractivity contribution in [2.45, 2.75) is 18.9 Å². The van der Waals surface area contributed by atoms with Crippen molar-refractivity contribution in [1.82, 2.24) is 14.4 Å². The Kier molecular flexibility index (Phi) is 5.48. The third-order valence-corrected chi connectivity index (χ3v) is 4.82. The van der Waals surface area contributed by atoms with Crippen molar-refractivity contribution in [2.24, 2.45) is 0 Å². The van der Waals surface area contributed by atoms with E-state index in [2.05, 4.69) is 0 Å². The predicted molar refractivity (Wildman–Crippen MR) is 102 cm³/mol. The van der Waals surface area contributed by atoms with Gasteiger partial charge in [0, 0.05) is 52.3 Å². The van der Waals surface area contributed by atoms with Gasteiger partial charge in [0.15, 0.2) is 11.4 Å². The molecular formula is C20H22FN3O4. The molecule has 1 aromatic rings. The molecule has 0 saturated heterocycles. The molecule has 2 amide bonds. The van der Waals surface area contributed by atoms with Gasteiger partial charge in [0.1, 0.15) is 5.83 Å². The third kappa shape index (κ3) is 3.90. The Morgan fingerprint density at radius 1 is 1.32 bits per heavy atom. The van der Waals surface area contributed by atoms with Crippen LogP contribution in [0.15, 0.2) is 52.8 Å². The SMILES string of the molecule is CN(C)C(=O)CC1CN(CC2=CC=C(F)CC=C2)C(=O)c2c(O)c(=O)ccn21. The second-order valence-electron chi connectivity index (χ2n) is 7.08. The smallest absolute Gasteiger partial charge is 0.274 e. The van der Waals surface area contributed by atoms with E-state index in [1.54, 1.807) is 32.3 Å². The van der Waals surface area contributed by atoms with Crippen LogP contribution >= 0.6 is 0 Å². The van der Waals surface area contributed by atoms with Crippen LogP contribution in [0.4, 0.5) is 4.39 Å². The number of carbonyl (C=O) groups excluding carboxylic acids is 2. The molecular weight excluding hydrogens is 365 g/mol. The van der Waals surface area contributed by atoms with Crippen molar-refractivity contribution < 1.29 is 19.1 Å². The molecule has 8 heteroatoms. The molecule has 0 radical (unpaired) electrons. The van der Waals surface area contributed by atoms with Gasteiger partial charge in [-0.15, -0.1) is 0 Å². The number of aromatic nitrogens is 1. The minimum Gasteiger partial charge on any atom is -0.503 e. The molecule has 1 aliphatic carbocycles. The van der Waals surface area contributed by atoms with E-state index in [0.29, 0.717) is 5.57 Å². The second-order valence-corrected chi connectivity index (χ2v) is 7.08. The Bertz CT molecular complexity index is 959. The lowest BCUT2D eigenvalue weighted by Crippen LogP contribution is -2.46. The van der Waals surface area contributed by atoms with E-state index in [4.69, 9.17) is 0 Å². The predicted octanol–water partition coefficient (Wildman–Crippen LogP) is 1.77. The highest BCUT2D eigenvalue weighted by Gasteiger charge is 2.34. The number of aromatic hydroxyl groups is 1. The highest BCUT2D eigenvalue weighted by Crippen LogP contribution is 2.28. The molecule has 0 bridgehead atoms. The summed E-state index contributed by atoms with van der Waals surface area (Å²) in [6.45, 7) is 0.402. The van der Waals surface area contributed by atoms with Gasteiger partial charge in [-0.2, -0.15) is 0 Å². The summed E-state index contributed by atoms with van der Waals surface area (Å²) < 4.78 is 14.9. The van der Waals surface area contributed by atoms with E-state index in [1.165, 1.54) is 32.7 Å². The first-order valence-electron chi connectivity index (χ1n) is 8.93. The average molecular weight is 387 g/mol. The lowest BCUT2D eigenvalue weighted by atomic mass is 10.0. The van der Waals surface area contributed by atoms with Crippen LogP contribution in [0.25, 0.3) is 0 Å². The van der Waals surface area contributed by atoms with Gasteiger partial charge in [0.2, 0.25) is 11.3 Å². The van der Waals surface area contributed by atoms with Crippen LogP contribution in [0.1, 0.15) is 29.4 Å². The number of rotatable bonds is 4. The summed E-state index contributed by atoms with van der Waals surface area (Å²) in [4.78, 5) is 40.0. The molecule has 1 aromatic heterocycles. The number of nitrogens with zero attached hydrogens (tertiary/aromatic N) is 3. The van der Waals surface area contributed by atoms with Crippen molar-refractivity contribution in [3.8, 4) is 5.75 Å². The summed E-state index contributed by atoms with van der Waals surface area (Å²) in [6.07, 6.45) is 8.09. The Labute approximate surface area is 161 Å². The Morgan fingerprint density at radius 2 is 2.07 bits per heavy atom. The minimum absolute atomic E-state index is 0.107. The quantitative estimate of drug-likeness (QED) is 0.854. The van der Waals surface area contributed by atoms with E-state index in [-0.39, 0.29) is 43.4 Å². The largest absolute Gasteiger partial charge is 0.503 e. The average Bonchev–Trinajstić information content (AvgIpc) is 2.85. The molecule has 0 aromatic carbocycles. The van der Waals surface area contributed by atoms with Crippen molar-refractivity contribution in [3.05, 3.63) is 63.9 Å². The number of allylic oxidation sites excluding steroid dienone is 4. The van der Waals surface area contributed by atoms with Crippen LogP contribution in [0, 0.1) is 0 Å². The highest BCUT2D eigenvalue weighted by molar-refractivity contribution is 5.96. The first kappa shape index (κ1) is 19.6. The third-order valence-electron chi connectivity index (χ3n) is 4.82. The van der Waals surface area contributed by atoms with E-state index in [1.807, 2.05) is 0 Å². The fraction of sp³-hybridized carbons (Fsp3) is 0.350. The Morgan fingerprint density at radius 3 is 2.79 bits per heavy atom. The highest BCUT2D eigenvalue weighted by atomic mass is 19.1. The number of amides is 2. The molecule has 0 saturated carbocycles. The maximum Gasteiger partial charge on any atom is 0.274 e. The van der Waals surface area contributed by atoms with Gasteiger partial charge in [-0.1, -0.05) is 18.2 Å². The van der Waals surface area contributed by atoms with Gasteiger partial charge in [-0.3, -0.25) is 14.4 Å². The second kappa shape index (κ2) is 7.84. The van der Waals surface area contributed by atoms with Crippen LogP contribution in [-0.4, -0.2) is 58.5 Å². The number of carbonyl (C=O) groups is 2. The van der Waals surface area contributed by atoms with Crippen LogP contribution < -0.4 is 5.43 Å². The lowest BCUT2D eigenvalue weighted by Gasteiger charge is -2.36. The standard InChI is InChI=1S/C20H22FN3O4/c1-22(2)17(26)10-15-12-23(11-13-4-3-5-14(21)7-6-13)20(28)18-19(27)16(25)8-9-24(15)18/h3-4,6-9,15,27H,5,10-12H2,1-2H3. The zero-order chi connectivity index (χ0) is 20.4. The summed E-state index contributed by atoms with van der Waals surface area (Å²) in [6, 6.07) is 0.746.